The lowest BCUT2D eigenvalue weighted by Crippen LogP contribution is -2.48. The van der Waals surface area contributed by atoms with Gasteiger partial charge in [0, 0.05) is 24.2 Å². The number of nitriles is 1. The van der Waals surface area contributed by atoms with Crippen LogP contribution in [0.5, 0.6) is 0 Å². The summed E-state index contributed by atoms with van der Waals surface area (Å²) in [4.78, 5) is 16.6. The van der Waals surface area contributed by atoms with Gasteiger partial charge in [0.25, 0.3) is 0 Å². The van der Waals surface area contributed by atoms with Crippen LogP contribution < -0.4 is 5.32 Å². The van der Waals surface area contributed by atoms with Gasteiger partial charge in [-0.1, -0.05) is 35.3 Å². The minimum Gasteiger partial charge on any atom is -0.325 e. The minimum absolute atomic E-state index is 0.163. The minimum atomic E-state index is -0.872. The van der Waals surface area contributed by atoms with Crippen LogP contribution in [0.25, 0.3) is 11.1 Å². The quantitative estimate of drug-likeness (QED) is 0.731. The molecule has 1 unspecified atom stereocenters. The Kier molecular flexibility index (Phi) is 6.84. The van der Waals surface area contributed by atoms with Crippen molar-refractivity contribution >= 4 is 40.6 Å². The predicted octanol–water partition coefficient (Wildman–Crippen LogP) is 5.02. The highest BCUT2D eigenvalue weighted by Gasteiger charge is 2.27. The molecule has 0 radical (unpaired) electrons. The van der Waals surface area contributed by atoms with E-state index in [-0.39, 0.29) is 12.1 Å². The first-order valence-corrected chi connectivity index (χ1v) is 10.7. The van der Waals surface area contributed by atoms with Crippen LogP contribution in [-0.4, -0.2) is 49.1 Å². The molecule has 28 heavy (non-hydrogen) atoms. The SMILES string of the molecule is CN1CCC(N(C)C(=O)NC(C#N)c2ccc(-c3ccsc3)c(Cl)c2Cl)CC1. The molecule has 1 aromatic carbocycles. The summed E-state index contributed by atoms with van der Waals surface area (Å²) < 4.78 is 0. The first-order chi connectivity index (χ1) is 13.4. The van der Waals surface area contributed by atoms with Gasteiger partial charge in [-0.15, -0.1) is 0 Å². The molecular weight excluding hydrogens is 415 g/mol. The average molecular weight is 437 g/mol. The lowest BCUT2D eigenvalue weighted by molar-refractivity contribution is 0.147. The van der Waals surface area contributed by atoms with Gasteiger partial charge in [-0.2, -0.15) is 16.6 Å². The summed E-state index contributed by atoms with van der Waals surface area (Å²) in [6, 6.07) is 6.69. The van der Waals surface area contributed by atoms with Crippen molar-refractivity contribution in [3.05, 3.63) is 44.6 Å². The molecular formula is C20H22Cl2N4OS. The molecule has 2 heterocycles. The Bertz CT molecular complexity index is 873. The van der Waals surface area contributed by atoms with Crippen molar-refractivity contribution in [2.75, 3.05) is 27.2 Å². The highest BCUT2D eigenvalue weighted by atomic mass is 35.5. The lowest BCUT2D eigenvalue weighted by atomic mass is 10.0. The number of nitrogens with zero attached hydrogens (tertiary/aromatic N) is 3. The Morgan fingerprint density at radius 2 is 2.04 bits per heavy atom. The van der Waals surface area contributed by atoms with Gasteiger partial charge in [0.1, 0.15) is 6.04 Å². The molecule has 0 bridgehead atoms. The number of carbonyl (C=O) groups is 1. The van der Waals surface area contributed by atoms with Crippen LogP contribution >= 0.6 is 34.5 Å². The summed E-state index contributed by atoms with van der Waals surface area (Å²) in [6.07, 6.45) is 1.83. The highest BCUT2D eigenvalue weighted by molar-refractivity contribution is 7.08. The van der Waals surface area contributed by atoms with Crippen molar-refractivity contribution in [2.24, 2.45) is 0 Å². The third kappa shape index (κ3) is 4.44. The predicted molar refractivity (Wildman–Crippen MR) is 115 cm³/mol. The van der Waals surface area contributed by atoms with Gasteiger partial charge in [-0.25, -0.2) is 4.79 Å². The standard InChI is InChI=1S/C20H22Cl2N4OS/c1-25-8-5-14(6-9-25)26(2)20(27)24-17(11-23)16-4-3-15(18(21)19(16)22)13-7-10-28-12-13/h3-4,7,10,12,14,17H,5-6,8-9H2,1-2H3,(H,24,27). The van der Waals surface area contributed by atoms with Crippen molar-refractivity contribution in [3.8, 4) is 17.2 Å². The van der Waals surface area contributed by atoms with E-state index in [9.17, 15) is 10.1 Å². The first kappa shape index (κ1) is 20.9. The summed E-state index contributed by atoms with van der Waals surface area (Å²) in [5.41, 5.74) is 2.28. The second-order valence-electron chi connectivity index (χ2n) is 7.00. The molecule has 1 aliphatic heterocycles. The number of carbonyl (C=O) groups excluding carboxylic acids is 1. The fourth-order valence-corrected chi connectivity index (χ4v) is 4.59. The van der Waals surface area contributed by atoms with Crippen LogP contribution in [-0.2, 0) is 0 Å². The van der Waals surface area contributed by atoms with Crippen LogP contribution in [0, 0.1) is 11.3 Å². The first-order valence-electron chi connectivity index (χ1n) is 9.04. The Hall–Kier alpha value is -1.78. The maximum absolute atomic E-state index is 12.7. The van der Waals surface area contributed by atoms with Gasteiger partial charge in [0.2, 0.25) is 0 Å². The maximum atomic E-state index is 12.7. The Labute approximate surface area is 179 Å². The van der Waals surface area contributed by atoms with E-state index in [1.807, 2.05) is 22.9 Å². The lowest BCUT2D eigenvalue weighted by Gasteiger charge is -2.35. The number of urea groups is 1. The molecule has 2 aromatic rings. The number of halogens is 2. The summed E-state index contributed by atoms with van der Waals surface area (Å²) in [6.45, 7) is 1.91. The van der Waals surface area contributed by atoms with E-state index >= 15 is 0 Å². The van der Waals surface area contributed by atoms with Gasteiger partial charge in [-0.3, -0.25) is 0 Å². The normalized spacial score (nSPS) is 16.4. The van der Waals surface area contributed by atoms with Crippen LogP contribution in [0.1, 0.15) is 24.4 Å². The zero-order chi connectivity index (χ0) is 20.3. The number of thiophene rings is 1. The van der Waals surface area contributed by atoms with E-state index in [0.29, 0.717) is 15.6 Å². The topological polar surface area (TPSA) is 59.4 Å². The second-order valence-corrected chi connectivity index (χ2v) is 8.54. The average Bonchev–Trinajstić information content (AvgIpc) is 3.23. The number of nitrogens with one attached hydrogen (secondary N) is 1. The molecule has 0 spiro atoms. The monoisotopic (exact) mass is 436 g/mol. The van der Waals surface area contributed by atoms with Crippen LogP contribution in [0.3, 0.4) is 0 Å². The number of amides is 2. The largest absolute Gasteiger partial charge is 0.325 e. The van der Waals surface area contributed by atoms with E-state index < -0.39 is 6.04 Å². The molecule has 1 aromatic heterocycles. The van der Waals surface area contributed by atoms with Gasteiger partial charge < -0.3 is 15.1 Å². The Morgan fingerprint density at radius 3 is 2.64 bits per heavy atom. The molecule has 1 atom stereocenters. The zero-order valence-corrected chi connectivity index (χ0v) is 18.1. The van der Waals surface area contributed by atoms with Crippen LogP contribution in [0.4, 0.5) is 4.79 Å². The van der Waals surface area contributed by atoms with Crippen molar-refractivity contribution in [2.45, 2.75) is 24.9 Å². The smallest absolute Gasteiger partial charge is 0.318 e. The fourth-order valence-electron chi connectivity index (χ4n) is 3.38. The molecule has 3 rings (SSSR count). The Balaban J connectivity index is 1.75. The van der Waals surface area contributed by atoms with Crippen LogP contribution in [0.15, 0.2) is 29.0 Å². The molecule has 1 N–H and O–H groups in total. The van der Waals surface area contributed by atoms with Crippen molar-refractivity contribution in [1.29, 1.82) is 5.26 Å². The summed E-state index contributed by atoms with van der Waals surface area (Å²) in [5.74, 6) is 0. The van der Waals surface area contributed by atoms with E-state index in [4.69, 9.17) is 23.2 Å². The van der Waals surface area contributed by atoms with Gasteiger partial charge >= 0.3 is 6.03 Å². The molecule has 5 nitrogen and oxygen atoms in total. The Morgan fingerprint density at radius 1 is 1.32 bits per heavy atom. The second kappa shape index (κ2) is 9.15. The van der Waals surface area contributed by atoms with E-state index in [0.717, 1.165) is 37.1 Å². The number of benzene rings is 1. The molecule has 8 heteroatoms. The molecule has 0 aliphatic carbocycles. The fraction of sp³-hybridized carbons (Fsp3) is 0.400. The molecule has 1 aliphatic rings. The van der Waals surface area contributed by atoms with Gasteiger partial charge in [0.05, 0.1) is 16.1 Å². The highest BCUT2D eigenvalue weighted by Crippen LogP contribution is 2.38. The molecule has 148 valence electrons. The molecule has 1 fully saturated rings. The summed E-state index contributed by atoms with van der Waals surface area (Å²) in [5, 5.41) is 17.0. The van der Waals surface area contributed by atoms with E-state index in [1.165, 1.54) is 0 Å². The third-order valence-corrected chi connectivity index (χ3v) is 6.79. The van der Waals surface area contributed by atoms with E-state index in [1.54, 1.807) is 29.4 Å². The number of rotatable bonds is 4. The van der Waals surface area contributed by atoms with Gasteiger partial charge in [-0.05, 0) is 55.4 Å². The zero-order valence-electron chi connectivity index (χ0n) is 15.8. The molecule has 2 amide bonds. The van der Waals surface area contributed by atoms with Crippen LogP contribution in [0.2, 0.25) is 10.0 Å². The number of hydrogen-bond acceptors (Lipinski definition) is 4. The molecule has 1 saturated heterocycles. The number of hydrogen-bond donors (Lipinski definition) is 1. The maximum Gasteiger partial charge on any atom is 0.318 e. The van der Waals surface area contributed by atoms with E-state index in [2.05, 4.69) is 23.3 Å². The van der Waals surface area contributed by atoms with Gasteiger partial charge in [0.15, 0.2) is 0 Å². The number of likely N-dealkylation sites (tertiary alicyclic amines) is 1. The van der Waals surface area contributed by atoms with Crippen molar-refractivity contribution in [3.63, 3.8) is 0 Å². The van der Waals surface area contributed by atoms with Crippen molar-refractivity contribution < 1.29 is 4.79 Å². The number of piperidine rings is 1. The molecule has 0 saturated carbocycles. The summed E-state index contributed by atoms with van der Waals surface area (Å²) >= 11 is 14.5. The van der Waals surface area contributed by atoms with Crippen molar-refractivity contribution in [1.82, 2.24) is 15.1 Å². The summed E-state index contributed by atoms with van der Waals surface area (Å²) in [7, 11) is 3.85. The third-order valence-electron chi connectivity index (χ3n) is 5.21.